The van der Waals surface area contributed by atoms with E-state index in [9.17, 15) is 4.79 Å². The Balaban J connectivity index is 1.51. The molecule has 34 heavy (non-hydrogen) atoms. The third-order valence-electron chi connectivity index (χ3n) is 6.18. The summed E-state index contributed by atoms with van der Waals surface area (Å²) in [7, 11) is 5.91. The highest BCUT2D eigenvalue weighted by molar-refractivity contribution is 5.98. The lowest BCUT2D eigenvalue weighted by molar-refractivity contribution is 0.0664. The summed E-state index contributed by atoms with van der Waals surface area (Å²) in [6.45, 7) is 3.27. The monoisotopic (exact) mass is 453 g/mol. The van der Waals surface area contributed by atoms with Crippen molar-refractivity contribution in [2.75, 3.05) is 52.2 Å². The molecule has 0 spiro atoms. The van der Waals surface area contributed by atoms with Gasteiger partial charge in [0.1, 0.15) is 6.33 Å². The zero-order chi connectivity index (χ0) is 23.7. The number of carbonyl (C=O) groups is 1. The van der Waals surface area contributed by atoms with Gasteiger partial charge < -0.3 is 14.7 Å². The molecule has 2 aromatic heterocycles. The topological polar surface area (TPSA) is 78.3 Å². The molecule has 2 aromatic carbocycles. The van der Waals surface area contributed by atoms with E-state index in [1.54, 1.807) is 6.33 Å². The molecule has 1 aliphatic rings. The number of amides is 1. The highest BCUT2D eigenvalue weighted by Gasteiger charge is 2.21. The summed E-state index contributed by atoms with van der Waals surface area (Å²) < 4.78 is 0. The van der Waals surface area contributed by atoms with Crippen molar-refractivity contribution in [2.45, 2.75) is 0 Å². The first-order chi connectivity index (χ1) is 16.5. The number of hydrogen-bond donors (Lipinski definition) is 0. The fourth-order valence-electron chi connectivity index (χ4n) is 4.16. The highest BCUT2D eigenvalue weighted by atomic mass is 16.2. The van der Waals surface area contributed by atoms with Crippen molar-refractivity contribution in [3.8, 4) is 22.4 Å². The van der Waals surface area contributed by atoms with Crippen LogP contribution in [0.2, 0.25) is 0 Å². The minimum atomic E-state index is 0.0622. The SMILES string of the molecule is CN1CCN(C(=O)c2cccc(-c3ncnc4ccc(-c5cnc(N(C)C)nc5)cc34)c2)CC1. The van der Waals surface area contributed by atoms with E-state index in [4.69, 9.17) is 0 Å². The molecule has 0 N–H and O–H groups in total. The molecule has 0 aliphatic carbocycles. The molecule has 4 aromatic rings. The summed E-state index contributed by atoms with van der Waals surface area (Å²) in [5.41, 5.74) is 5.11. The van der Waals surface area contributed by atoms with Crippen LogP contribution in [0, 0.1) is 0 Å². The van der Waals surface area contributed by atoms with E-state index in [1.807, 2.05) is 72.7 Å². The minimum Gasteiger partial charge on any atom is -0.347 e. The molecule has 172 valence electrons. The Morgan fingerprint density at radius 2 is 1.62 bits per heavy atom. The predicted molar refractivity (Wildman–Crippen MR) is 134 cm³/mol. The van der Waals surface area contributed by atoms with Crippen LogP contribution in [0.15, 0.2) is 61.2 Å². The van der Waals surface area contributed by atoms with E-state index in [1.165, 1.54) is 0 Å². The first-order valence-electron chi connectivity index (χ1n) is 11.3. The lowest BCUT2D eigenvalue weighted by Gasteiger charge is -2.32. The molecule has 1 fully saturated rings. The Morgan fingerprint density at radius 1 is 0.853 bits per heavy atom. The molecule has 0 unspecified atom stereocenters. The quantitative estimate of drug-likeness (QED) is 0.470. The molecule has 1 amide bonds. The lowest BCUT2D eigenvalue weighted by Crippen LogP contribution is -2.47. The van der Waals surface area contributed by atoms with Crippen molar-refractivity contribution >= 4 is 22.8 Å². The van der Waals surface area contributed by atoms with Gasteiger partial charge in [-0.1, -0.05) is 18.2 Å². The summed E-state index contributed by atoms with van der Waals surface area (Å²) in [4.78, 5) is 37.1. The largest absolute Gasteiger partial charge is 0.347 e. The molecule has 5 rings (SSSR count). The van der Waals surface area contributed by atoms with Gasteiger partial charge in [-0.25, -0.2) is 19.9 Å². The van der Waals surface area contributed by atoms with Gasteiger partial charge in [0.05, 0.1) is 11.2 Å². The van der Waals surface area contributed by atoms with Crippen molar-refractivity contribution in [1.29, 1.82) is 0 Å². The van der Waals surface area contributed by atoms with Gasteiger partial charge in [-0.2, -0.15) is 0 Å². The second kappa shape index (κ2) is 9.15. The standard InChI is InChI=1S/C26H27N7O/c1-31(2)26-27-15-21(16-28-26)18-7-8-23-22(14-18)24(30-17-29-23)19-5-4-6-20(13-19)25(34)33-11-9-32(3)10-12-33/h4-8,13-17H,9-12H2,1-3H3. The van der Waals surface area contributed by atoms with Crippen LogP contribution < -0.4 is 4.90 Å². The van der Waals surface area contributed by atoms with Gasteiger partial charge in [0.25, 0.3) is 5.91 Å². The summed E-state index contributed by atoms with van der Waals surface area (Å²) in [5.74, 6) is 0.725. The van der Waals surface area contributed by atoms with E-state index in [2.05, 4.69) is 37.9 Å². The van der Waals surface area contributed by atoms with Crippen LogP contribution in [0.1, 0.15) is 10.4 Å². The van der Waals surface area contributed by atoms with E-state index < -0.39 is 0 Å². The smallest absolute Gasteiger partial charge is 0.253 e. The number of rotatable bonds is 4. The molecule has 8 nitrogen and oxygen atoms in total. The Morgan fingerprint density at radius 3 is 2.35 bits per heavy atom. The van der Waals surface area contributed by atoms with Crippen LogP contribution in [0.25, 0.3) is 33.3 Å². The fourth-order valence-corrected chi connectivity index (χ4v) is 4.16. The Bertz CT molecular complexity index is 1330. The van der Waals surface area contributed by atoms with Gasteiger partial charge in [-0.05, 0) is 36.9 Å². The van der Waals surface area contributed by atoms with Gasteiger partial charge in [-0.15, -0.1) is 0 Å². The number of nitrogens with zero attached hydrogens (tertiary/aromatic N) is 7. The number of piperazine rings is 1. The van der Waals surface area contributed by atoms with Crippen molar-refractivity contribution in [1.82, 2.24) is 29.7 Å². The second-order valence-corrected chi connectivity index (χ2v) is 8.80. The van der Waals surface area contributed by atoms with Crippen molar-refractivity contribution in [2.24, 2.45) is 0 Å². The molecule has 1 saturated heterocycles. The summed E-state index contributed by atoms with van der Waals surface area (Å²) in [6, 6.07) is 13.8. The van der Waals surface area contributed by atoms with E-state index in [-0.39, 0.29) is 5.91 Å². The van der Waals surface area contributed by atoms with Gasteiger partial charge in [0.15, 0.2) is 0 Å². The van der Waals surface area contributed by atoms with E-state index in [0.29, 0.717) is 11.5 Å². The molecular weight excluding hydrogens is 426 g/mol. The normalized spacial score (nSPS) is 14.4. The number of carbonyl (C=O) groups excluding carboxylic acids is 1. The number of likely N-dealkylation sites (N-methyl/N-ethyl adjacent to an activating group) is 1. The van der Waals surface area contributed by atoms with Gasteiger partial charge in [0, 0.05) is 74.7 Å². The molecule has 0 bridgehead atoms. The zero-order valence-corrected chi connectivity index (χ0v) is 19.6. The minimum absolute atomic E-state index is 0.0622. The van der Waals surface area contributed by atoms with E-state index >= 15 is 0 Å². The molecule has 3 heterocycles. The Kier molecular flexibility index (Phi) is 5.90. The lowest BCUT2D eigenvalue weighted by atomic mass is 10.0. The molecular formula is C26H27N7O. The van der Waals surface area contributed by atoms with Crippen LogP contribution in [0.3, 0.4) is 0 Å². The third-order valence-corrected chi connectivity index (χ3v) is 6.18. The van der Waals surface area contributed by atoms with Crippen LogP contribution in [0.5, 0.6) is 0 Å². The molecule has 0 atom stereocenters. The van der Waals surface area contributed by atoms with Crippen LogP contribution in [-0.2, 0) is 0 Å². The van der Waals surface area contributed by atoms with Crippen LogP contribution in [0.4, 0.5) is 5.95 Å². The van der Waals surface area contributed by atoms with Gasteiger partial charge in [0.2, 0.25) is 5.95 Å². The van der Waals surface area contributed by atoms with Crippen molar-refractivity contribution < 1.29 is 4.79 Å². The number of anilines is 1. The van der Waals surface area contributed by atoms with E-state index in [0.717, 1.165) is 59.5 Å². The number of fused-ring (bicyclic) bond motifs is 1. The third kappa shape index (κ3) is 4.32. The highest BCUT2D eigenvalue weighted by Crippen LogP contribution is 2.30. The second-order valence-electron chi connectivity index (χ2n) is 8.80. The fraction of sp³-hybridized carbons (Fsp3) is 0.269. The molecule has 0 saturated carbocycles. The predicted octanol–water partition coefficient (Wildman–Crippen LogP) is 3.21. The Labute approximate surface area is 198 Å². The molecule has 0 radical (unpaired) electrons. The van der Waals surface area contributed by atoms with Gasteiger partial charge in [-0.3, -0.25) is 4.79 Å². The molecule has 8 heteroatoms. The van der Waals surface area contributed by atoms with Crippen molar-refractivity contribution in [3.63, 3.8) is 0 Å². The number of hydrogen-bond acceptors (Lipinski definition) is 7. The van der Waals surface area contributed by atoms with Crippen molar-refractivity contribution in [3.05, 3.63) is 66.7 Å². The number of aromatic nitrogens is 4. The maximum atomic E-state index is 13.1. The van der Waals surface area contributed by atoms with Crippen LogP contribution in [-0.4, -0.2) is 83.0 Å². The summed E-state index contributed by atoms with van der Waals surface area (Å²) >= 11 is 0. The Hall–Kier alpha value is -3.91. The van der Waals surface area contributed by atoms with Gasteiger partial charge >= 0.3 is 0 Å². The maximum Gasteiger partial charge on any atom is 0.253 e. The zero-order valence-electron chi connectivity index (χ0n) is 19.6. The summed E-state index contributed by atoms with van der Waals surface area (Å²) in [6.07, 6.45) is 5.21. The first kappa shape index (κ1) is 21.9. The average molecular weight is 454 g/mol. The average Bonchev–Trinajstić information content (AvgIpc) is 2.88. The first-order valence-corrected chi connectivity index (χ1v) is 11.3. The summed E-state index contributed by atoms with van der Waals surface area (Å²) in [5, 5.41) is 0.917. The molecule has 1 aliphatic heterocycles. The number of benzene rings is 2. The van der Waals surface area contributed by atoms with Crippen LogP contribution >= 0.6 is 0 Å². The maximum absolute atomic E-state index is 13.1.